The highest BCUT2D eigenvalue weighted by Crippen LogP contribution is 2.20. The van der Waals surface area contributed by atoms with Crippen LogP contribution in [0, 0.1) is 17.1 Å². The number of nitriles is 1. The Morgan fingerprint density at radius 3 is 2.55 bits per heavy atom. The summed E-state index contributed by atoms with van der Waals surface area (Å²) < 4.78 is 14.6. The molecular weight excluding hydrogens is 321 g/mol. The molecule has 1 aromatic carbocycles. The van der Waals surface area contributed by atoms with Gasteiger partial charge in [0.2, 0.25) is 0 Å². The second kappa shape index (κ2) is 6.21. The maximum atomic E-state index is 13.7. The van der Waals surface area contributed by atoms with E-state index in [1.54, 1.807) is 6.07 Å². The van der Waals surface area contributed by atoms with Gasteiger partial charge in [-0.2, -0.15) is 5.26 Å². The number of nitrogens with zero attached hydrogens (tertiary/aromatic N) is 3. The van der Waals surface area contributed by atoms with E-state index in [2.05, 4.69) is 31.8 Å². The van der Waals surface area contributed by atoms with E-state index in [1.165, 1.54) is 6.07 Å². The third-order valence-corrected chi connectivity index (χ3v) is 4.33. The number of hydrogen-bond acceptors (Lipinski definition) is 3. The zero-order valence-electron chi connectivity index (χ0n) is 11.9. The number of rotatable bonds is 3. The second-order valence-corrected chi connectivity index (χ2v) is 6.59. The fourth-order valence-electron chi connectivity index (χ4n) is 2.44. The van der Waals surface area contributed by atoms with Crippen LogP contribution >= 0.6 is 15.9 Å². The van der Waals surface area contributed by atoms with Crippen molar-refractivity contribution in [2.75, 3.05) is 26.2 Å². The van der Waals surface area contributed by atoms with Crippen molar-refractivity contribution in [2.24, 2.45) is 0 Å². The van der Waals surface area contributed by atoms with Gasteiger partial charge in [-0.1, -0.05) is 15.9 Å². The van der Waals surface area contributed by atoms with Crippen LogP contribution in [0.1, 0.15) is 19.4 Å². The molecule has 0 atom stereocenters. The van der Waals surface area contributed by atoms with E-state index >= 15 is 0 Å². The van der Waals surface area contributed by atoms with Crippen LogP contribution in [-0.2, 0) is 6.54 Å². The Labute approximate surface area is 128 Å². The average molecular weight is 340 g/mol. The standard InChI is InChI=1S/C15H19BrFN3/c1-15(2,11-18)20-7-5-19(6-8-20)10-12-9-13(16)3-4-14(12)17/h3-4,9H,5-8,10H2,1-2H3. The normalized spacial score (nSPS) is 17.9. The maximum absolute atomic E-state index is 13.7. The van der Waals surface area contributed by atoms with Crippen molar-refractivity contribution in [3.8, 4) is 6.07 Å². The zero-order valence-corrected chi connectivity index (χ0v) is 13.5. The number of halogens is 2. The van der Waals surface area contributed by atoms with E-state index in [9.17, 15) is 4.39 Å². The average Bonchev–Trinajstić information content (AvgIpc) is 2.43. The van der Waals surface area contributed by atoms with Gasteiger partial charge in [-0.25, -0.2) is 4.39 Å². The molecule has 0 amide bonds. The van der Waals surface area contributed by atoms with E-state index in [0.717, 1.165) is 30.7 Å². The predicted molar refractivity (Wildman–Crippen MR) is 80.6 cm³/mol. The Balaban J connectivity index is 1.95. The fourth-order valence-corrected chi connectivity index (χ4v) is 2.85. The highest BCUT2D eigenvalue weighted by Gasteiger charge is 2.29. The van der Waals surface area contributed by atoms with Crippen molar-refractivity contribution in [2.45, 2.75) is 25.9 Å². The summed E-state index contributed by atoms with van der Waals surface area (Å²) >= 11 is 3.38. The molecule has 0 radical (unpaired) electrons. The van der Waals surface area contributed by atoms with Crippen molar-refractivity contribution in [3.63, 3.8) is 0 Å². The molecule has 1 heterocycles. The summed E-state index contributed by atoms with van der Waals surface area (Å²) in [7, 11) is 0. The molecule has 0 aliphatic carbocycles. The van der Waals surface area contributed by atoms with Crippen LogP contribution in [0.15, 0.2) is 22.7 Å². The van der Waals surface area contributed by atoms with Gasteiger partial charge >= 0.3 is 0 Å². The van der Waals surface area contributed by atoms with Crippen molar-refractivity contribution in [3.05, 3.63) is 34.1 Å². The molecule has 108 valence electrons. The first-order valence-corrected chi connectivity index (χ1v) is 7.54. The van der Waals surface area contributed by atoms with Gasteiger partial charge in [0.05, 0.1) is 6.07 Å². The van der Waals surface area contributed by atoms with Gasteiger partial charge in [-0.3, -0.25) is 9.80 Å². The van der Waals surface area contributed by atoms with Gasteiger partial charge in [0, 0.05) is 42.8 Å². The topological polar surface area (TPSA) is 30.3 Å². The van der Waals surface area contributed by atoms with Crippen LogP contribution in [0.2, 0.25) is 0 Å². The Morgan fingerprint density at radius 1 is 1.30 bits per heavy atom. The molecule has 0 bridgehead atoms. The molecule has 3 nitrogen and oxygen atoms in total. The third kappa shape index (κ3) is 3.57. The van der Waals surface area contributed by atoms with Gasteiger partial charge in [0.15, 0.2) is 0 Å². The fraction of sp³-hybridized carbons (Fsp3) is 0.533. The molecule has 0 aromatic heterocycles. The maximum Gasteiger partial charge on any atom is 0.127 e. The van der Waals surface area contributed by atoms with Gasteiger partial charge in [0.1, 0.15) is 11.4 Å². The minimum Gasteiger partial charge on any atom is -0.296 e. The molecule has 0 saturated carbocycles. The Kier molecular flexibility index (Phi) is 4.79. The van der Waals surface area contributed by atoms with E-state index in [4.69, 9.17) is 5.26 Å². The van der Waals surface area contributed by atoms with E-state index in [0.29, 0.717) is 12.1 Å². The minimum atomic E-state index is -0.423. The lowest BCUT2D eigenvalue weighted by Crippen LogP contribution is -2.53. The number of benzene rings is 1. The first kappa shape index (κ1) is 15.4. The Hall–Kier alpha value is -0.960. The molecule has 1 aliphatic rings. The first-order valence-electron chi connectivity index (χ1n) is 6.75. The van der Waals surface area contributed by atoms with Crippen molar-refractivity contribution in [1.29, 1.82) is 5.26 Å². The molecular formula is C15H19BrFN3. The van der Waals surface area contributed by atoms with Crippen LogP contribution in [0.25, 0.3) is 0 Å². The molecule has 1 aromatic rings. The molecule has 0 spiro atoms. The van der Waals surface area contributed by atoms with Crippen LogP contribution in [0.3, 0.4) is 0 Å². The van der Waals surface area contributed by atoms with Crippen LogP contribution in [0.5, 0.6) is 0 Å². The lowest BCUT2D eigenvalue weighted by Gasteiger charge is -2.40. The predicted octanol–water partition coefficient (Wildman–Crippen LogP) is 3.01. The second-order valence-electron chi connectivity index (χ2n) is 5.67. The smallest absolute Gasteiger partial charge is 0.127 e. The lowest BCUT2D eigenvalue weighted by atomic mass is 10.0. The molecule has 20 heavy (non-hydrogen) atoms. The molecule has 0 unspecified atom stereocenters. The molecule has 0 N–H and O–H groups in total. The highest BCUT2D eigenvalue weighted by molar-refractivity contribution is 9.10. The quantitative estimate of drug-likeness (QED) is 0.847. The van der Waals surface area contributed by atoms with Crippen molar-refractivity contribution in [1.82, 2.24) is 9.80 Å². The summed E-state index contributed by atoms with van der Waals surface area (Å²) in [6, 6.07) is 7.38. The van der Waals surface area contributed by atoms with Gasteiger partial charge in [0.25, 0.3) is 0 Å². The van der Waals surface area contributed by atoms with E-state index < -0.39 is 5.54 Å². The Morgan fingerprint density at radius 2 is 1.95 bits per heavy atom. The molecule has 1 saturated heterocycles. The van der Waals surface area contributed by atoms with Crippen LogP contribution in [0.4, 0.5) is 4.39 Å². The summed E-state index contributed by atoms with van der Waals surface area (Å²) in [6.45, 7) is 7.90. The SMILES string of the molecule is CC(C)(C#N)N1CCN(Cc2cc(Br)ccc2F)CC1. The van der Waals surface area contributed by atoms with Crippen molar-refractivity contribution < 1.29 is 4.39 Å². The molecule has 5 heteroatoms. The third-order valence-electron chi connectivity index (χ3n) is 3.84. The Bertz CT molecular complexity index is 516. The molecule has 2 rings (SSSR count). The monoisotopic (exact) mass is 339 g/mol. The largest absolute Gasteiger partial charge is 0.296 e. The summed E-state index contributed by atoms with van der Waals surface area (Å²) in [5.74, 6) is -0.159. The zero-order chi connectivity index (χ0) is 14.8. The van der Waals surface area contributed by atoms with E-state index in [1.807, 2.05) is 19.9 Å². The van der Waals surface area contributed by atoms with Crippen molar-refractivity contribution >= 4 is 15.9 Å². The van der Waals surface area contributed by atoms with Gasteiger partial charge in [-0.05, 0) is 32.0 Å². The van der Waals surface area contributed by atoms with Crippen LogP contribution < -0.4 is 0 Å². The summed E-state index contributed by atoms with van der Waals surface area (Å²) in [5.41, 5.74) is 0.292. The minimum absolute atomic E-state index is 0.159. The summed E-state index contributed by atoms with van der Waals surface area (Å²) in [6.07, 6.45) is 0. The first-order chi connectivity index (χ1) is 9.42. The summed E-state index contributed by atoms with van der Waals surface area (Å²) in [5, 5.41) is 9.15. The number of piperazine rings is 1. The summed E-state index contributed by atoms with van der Waals surface area (Å²) in [4.78, 5) is 4.41. The van der Waals surface area contributed by atoms with Crippen LogP contribution in [-0.4, -0.2) is 41.5 Å². The number of hydrogen-bond donors (Lipinski definition) is 0. The molecule has 1 aliphatic heterocycles. The highest BCUT2D eigenvalue weighted by atomic mass is 79.9. The van der Waals surface area contributed by atoms with Gasteiger partial charge < -0.3 is 0 Å². The molecule has 1 fully saturated rings. The lowest BCUT2D eigenvalue weighted by molar-refractivity contribution is 0.0758. The van der Waals surface area contributed by atoms with Gasteiger partial charge in [-0.15, -0.1) is 0 Å². The van der Waals surface area contributed by atoms with E-state index in [-0.39, 0.29) is 5.82 Å².